The van der Waals surface area contributed by atoms with Gasteiger partial charge in [0.25, 0.3) is 0 Å². The first-order valence-electron chi connectivity index (χ1n) is 6.78. The number of nitrogens with zero attached hydrogens (tertiary/aromatic N) is 1. The Balaban J connectivity index is 2.78. The van der Waals surface area contributed by atoms with Crippen LogP contribution in [0.2, 0.25) is 0 Å². The monoisotopic (exact) mass is 257 g/mol. The normalized spacial score (nSPS) is 11.9. The van der Waals surface area contributed by atoms with Gasteiger partial charge in [0.05, 0.1) is 11.2 Å². The van der Waals surface area contributed by atoms with Crippen molar-refractivity contribution in [3.8, 4) is 0 Å². The van der Waals surface area contributed by atoms with Crippen LogP contribution in [0.1, 0.15) is 44.5 Å². The van der Waals surface area contributed by atoms with E-state index in [0.29, 0.717) is 0 Å². The number of pyridine rings is 1. The number of hydrogen-bond acceptors (Lipinski definition) is 3. The highest BCUT2D eigenvalue weighted by molar-refractivity contribution is 5.93. The van der Waals surface area contributed by atoms with E-state index in [-0.39, 0.29) is 5.41 Å². The van der Waals surface area contributed by atoms with E-state index in [1.807, 2.05) is 0 Å². The first kappa shape index (κ1) is 13.8. The van der Waals surface area contributed by atoms with Crippen molar-refractivity contribution in [2.75, 3.05) is 5.43 Å². The van der Waals surface area contributed by atoms with Crippen LogP contribution in [0.15, 0.2) is 18.2 Å². The first-order valence-corrected chi connectivity index (χ1v) is 6.78. The number of aryl methyl sites for hydroxylation is 1. The predicted molar refractivity (Wildman–Crippen MR) is 82.4 cm³/mol. The van der Waals surface area contributed by atoms with Crippen LogP contribution in [0, 0.1) is 6.92 Å². The van der Waals surface area contributed by atoms with Gasteiger partial charge in [-0.1, -0.05) is 33.8 Å². The molecule has 2 rings (SSSR count). The molecule has 1 aromatic carbocycles. The number of benzene rings is 1. The van der Waals surface area contributed by atoms with E-state index in [4.69, 9.17) is 10.8 Å². The lowest BCUT2D eigenvalue weighted by Crippen LogP contribution is -2.13. The van der Waals surface area contributed by atoms with Gasteiger partial charge in [-0.05, 0) is 42.0 Å². The van der Waals surface area contributed by atoms with Gasteiger partial charge in [-0.15, -0.1) is 0 Å². The third kappa shape index (κ3) is 2.43. The van der Waals surface area contributed by atoms with Crippen LogP contribution in [0.5, 0.6) is 0 Å². The molecule has 0 atom stereocenters. The smallest absolute Gasteiger partial charge is 0.0726 e. The highest BCUT2D eigenvalue weighted by atomic mass is 15.2. The fraction of sp³-hybridized carbons (Fsp3) is 0.438. The van der Waals surface area contributed by atoms with E-state index in [0.717, 1.165) is 34.3 Å². The van der Waals surface area contributed by atoms with Crippen molar-refractivity contribution in [2.45, 2.75) is 46.5 Å². The molecular formula is C16H23N3. The number of fused-ring (bicyclic) bond motifs is 1. The minimum Gasteiger partial charge on any atom is -0.323 e. The molecule has 3 heteroatoms. The quantitative estimate of drug-likeness (QED) is 0.637. The molecule has 0 fully saturated rings. The zero-order chi connectivity index (χ0) is 14.2. The molecule has 0 bridgehead atoms. The van der Waals surface area contributed by atoms with Gasteiger partial charge in [0.2, 0.25) is 0 Å². The van der Waals surface area contributed by atoms with E-state index in [1.165, 1.54) is 5.56 Å². The Morgan fingerprint density at radius 1 is 1.26 bits per heavy atom. The van der Waals surface area contributed by atoms with Crippen LogP contribution in [-0.2, 0) is 11.8 Å². The van der Waals surface area contributed by atoms with E-state index < -0.39 is 0 Å². The van der Waals surface area contributed by atoms with Crippen molar-refractivity contribution >= 4 is 16.6 Å². The number of nitrogen functional groups attached to an aromatic ring is 1. The van der Waals surface area contributed by atoms with Gasteiger partial charge in [0, 0.05) is 11.1 Å². The summed E-state index contributed by atoms with van der Waals surface area (Å²) in [6.45, 7) is 10.8. The number of nitrogens with two attached hydrogens (primary N) is 1. The summed E-state index contributed by atoms with van der Waals surface area (Å²) in [7, 11) is 0. The Kier molecular flexibility index (Phi) is 3.50. The highest BCUT2D eigenvalue weighted by Crippen LogP contribution is 2.32. The average Bonchev–Trinajstić information content (AvgIpc) is 2.36. The summed E-state index contributed by atoms with van der Waals surface area (Å²) in [6.07, 6.45) is 0.914. The molecule has 0 saturated carbocycles. The zero-order valence-corrected chi connectivity index (χ0v) is 12.5. The predicted octanol–water partition coefficient (Wildman–Crippen LogP) is 3.69. The molecule has 1 heterocycles. The van der Waals surface area contributed by atoms with Crippen LogP contribution in [0.25, 0.3) is 10.9 Å². The van der Waals surface area contributed by atoms with Gasteiger partial charge < -0.3 is 5.43 Å². The molecule has 0 aliphatic heterocycles. The minimum atomic E-state index is 0.122. The number of hydrazine groups is 1. The second-order valence-electron chi connectivity index (χ2n) is 6.04. The summed E-state index contributed by atoms with van der Waals surface area (Å²) in [5, 5.41) is 1.10. The molecule has 2 aromatic rings. The fourth-order valence-electron chi connectivity index (χ4n) is 2.41. The molecule has 0 saturated heterocycles. The van der Waals surface area contributed by atoms with Crippen molar-refractivity contribution in [3.05, 3.63) is 35.0 Å². The maximum absolute atomic E-state index is 5.72. The Bertz CT molecular complexity index is 609. The molecule has 0 aliphatic carbocycles. The minimum absolute atomic E-state index is 0.122. The molecule has 0 radical (unpaired) electrons. The second-order valence-corrected chi connectivity index (χ2v) is 6.04. The molecule has 3 N–H and O–H groups in total. The van der Waals surface area contributed by atoms with Gasteiger partial charge in [-0.2, -0.15) is 0 Å². The number of nitrogens with one attached hydrogen (secondary N) is 1. The van der Waals surface area contributed by atoms with E-state index >= 15 is 0 Å². The van der Waals surface area contributed by atoms with Crippen molar-refractivity contribution in [2.24, 2.45) is 5.84 Å². The van der Waals surface area contributed by atoms with Gasteiger partial charge >= 0.3 is 0 Å². The van der Waals surface area contributed by atoms with Crippen molar-refractivity contribution in [3.63, 3.8) is 0 Å². The number of rotatable bonds is 2. The molecule has 0 unspecified atom stereocenters. The van der Waals surface area contributed by atoms with Crippen molar-refractivity contribution in [1.82, 2.24) is 4.98 Å². The van der Waals surface area contributed by atoms with Gasteiger partial charge in [0.1, 0.15) is 0 Å². The maximum atomic E-state index is 5.72. The molecule has 1 aromatic heterocycles. The number of anilines is 1. The van der Waals surface area contributed by atoms with Crippen molar-refractivity contribution in [1.29, 1.82) is 0 Å². The zero-order valence-electron chi connectivity index (χ0n) is 12.5. The molecule has 0 aliphatic rings. The van der Waals surface area contributed by atoms with Crippen LogP contribution in [0.3, 0.4) is 0 Å². The van der Waals surface area contributed by atoms with Crippen LogP contribution < -0.4 is 11.3 Å². The summed E-state index contributed by atoms with van der Waals surface area (Å²) < 4.78 is 0. The van der Waals surface area contributed by atoms with Crippen LogP contribution >= 0.6 is 0 Å². The van der Waals surface area contributed by atoms with E-state index in [9.17, 15) is 0 Å². The third-order valence-corrected chi connectivity index (χ3v) is 3.67. The van der Waals surface area contributed by atoms with Gasteiger partial charge in [-0.3, -0.25) is 10.8 Å². The van der Waals surface area contributed by atoms with Crippen LogP contribution in [-0.4, -0.2) is 4.98 Å². The largest absolute Gasteiger partial charge is 0.323 e. The topological polar surface area (TPSA) is 50.9 Å². The van der Waals surface area contributed by atoms with Crippen molar-refractivity contribution < 1.29 is 0 Å². The summed E-state index contributed by atoms with van der Waals surface area (Å²) >= 11 is 0. The Morgan fingerprint density at radius 3 is 2.47 bits per heavy atom. The fourth-order valence-corrected chi connectivity index (χ4v) is 2.41. The third-order valence-electron chi connectivity index (χ3n) is 3.67. The number of aromatic nitrogens is 1. The summed E-state index contributed by atoms with van der Waals surface area (Å²) in [5.41, 5.74) is 8.51. The van der Waals surface area contributed by atoms with E-state index in [2.05, 4.69) is 58.2 Å². The number of hydrogen-bond donors (Lipinski definition) is 2. The standard InChI is InChI=1S/C16H23N3/c1-6-13-10(2)15(19-17)12-9-11(16(3,4)5)7-8-14(12)18-13/h7-9H,6,17H2,1-5H3,(H,18,19). The van der Waals surface area contributed by atoms with Gasteiger partial charge in [-0.25, -0.2) is 0 Å². The highest BCUT2D eigenvalue weighted by Gasteiger charge is 2.16. The lowest BCUT2D eigenvalue weighted by molar-refractivity contribution is 0.591. The summed E-state index contributed by atoms with van der Waals surface area (Å²) in [5.74, 6) is 5.72. The average molecular weight is 257 g/mol. The van der Waals surface area contributed by atoms with E-state index in [1.54, 1.807) is 0 Å². The Hall–Kier alpha value is -1.61. The maximum Gasteiger partial charge on any atom is 0.0726 e. The summed E-state index contributed by atoms with van der Waals surface area (Å²) in [6, 6.07) is 6.45. The molecule has 3 nitrogen and oxygen atoms in total. The molecule has 19 heavy (non-hydrogen) atoms. The molecule has 0 spiro atoms. The first-order chi connectivity index (χ1) is 8.88. The second kappa shape index (κ2) is 4.82. The SMILES string of the molecule is CCc1nc2ccc(C(C)(C)C)cc2c(NN)c1C. The Morgan fingerprint density at radius 2 is 1.95 bits per heavy atom. The van der Waals surface area contributed by atoms with Gasteiger partial charge in [0.15, 0.2) is 0 Å². The molecule has 102 valence electrons. The lowest BCUT2D eigenvalue weighted by atomic mass is 9.86. The lowest BCUT2D eigenvalue weighted by Gasteiger charge is -2.21. The molecule has 0 amide bonds. The molecular weight excluding hydrogens is 234 g/mol. The Labute approximate surface area is 115 Å². The van der Waals surface area contributed by atoms with Crippen LogP contribution in [0.4, 0.5) is 5.69 Å². The summed E-state index contributed by atoms with van der Waals surface area (Å²) in [4.78, 5) is 4.73.